The summed E-state index contributed by atoms with van der Waals surface area (Å²) in [5.41, 5.74) is 5.21. The summed E-state index contributed by atoms with van der Waals surface area (Å²) in [7, 11) is 0. The number of carboxylic acid groups (broad SMARTS) is 1. The van der Waals surface area contributed by atoms with E-state index in [2.05, 4.69) is 14.7 Å². The molecule has 0 spiro atoms. The molecule has 3 heterocycles. The Morgan fingerprint density at radius 1 is 1.52 bits per heavy atom. The van der Waals surface area contributed by atoms with Gasteiger partial charge in [0.2, 0.25) is 5.91 Å². The number of β-lactam (4-membered cyclic amide) rings is 1. The van der Waals surface area contributed by atoms with Crippen molar-refractivity contribution in [2.45, 2.75) is 17.8 Å². The average molecular weight is 376 g/mol. The lowest BCUT2D eigenvalue weighted by atomic mass is 10.0. The second kappa shape index (κ2) is 5.98. The topological polar surface area (TPSA) is 139 Å². The monoisotopic (exact) mass is 375 g/mol. The number of hydrogen-bond acceptors (Lipinski definition) is 8. The zero-order valence-electron chi connectivity index (χ0n) is 11.4. The molecular formula is C11H10ClN5O4S2. The van der Waals surface area contributed by atoms with Crippen LogP contribution in [-0.4, -0.2) is 54.3 Å². The summed E-state index contributed by atoms with van der Waals surface area (Å²) in [6.07, 6.45) is -0.1000. The Labute approximate surface area is 143 Å². The van der Waals surface area contributed by atoms with Crippen LogP contribution in [0.4, 0.5) is 5.13 Å². The third kappa shape index (κ3) is 2.86. The molecule has 1 saturated heterocycles. The number of carbonyl (C=O) groups is 3. The van der Waals surface area contributed by atoms with Crippen molar-refractivity contribution in [3.8, 4) is 0 Å². The third-order valence-corrected chi connectivity index (χ3v) is 5.57. The Bertz CT molecular complexity index is 736. The first-order valence-corrected chi connectivity index (χ1v) is 8.52. The number of nitrogen functional groups attached to an aromatic ring is 1. The molecule has 12 heteroatoms. The van der Waals surface area contributed by atoms with E-state index < -0.39 is 29.2 Å². The Morgan fingerprint density at radius 3 is 2.87 bits per heavy atom. The van der Waals surface area contributed by atoms with Crippen molar-refractivity contribution < 1.29 is 19.5 Å². The van der Waals surface area contributed by atoms with Crippen molar-refractivity contribution in [2.75, 3.05) is 11.5 Å². The summed E-state index contributed by atoms with van der Waals surface area (Å²) < 4.78 is 3.89. The zero-order chi connectivity index (χ0) is 16.7. The molecule has 0 bridgehead atoms. The number of nitrogens with zero attached hydrogens (tertiary/aromatic N) is 3. The van der Waals surface area contributed by atoms with E-state index in [1.165, 1.54) is 11.8 Å². The average Bonchev–Trinajstić information content (AvgIpc) is 2.89. The van der Waals surface area contributed by atoms with Crippen molar-refractivity contribution in [3.05, 3.63) is 16.6 Å². The van der Waals surface area contributed by atoms with Gasteiger partial charge in [-0.1, -0.05) is 11.6 Å². The fourth-order valence-corrected chi connectivity index (χ4v) is 4.29. The van der Waals surface area contributed by atoms with Crippen molar-refractivity contribution in [1.82, 2.24) is 19.6 Å². The zero-order valence-corrected chi connectivity index (χ0v) is 13.7. The number of fused-ring (bicyclic) bond motifs is 1. The minimum absolute atomic E-state index is 0.1000. The molecule has 3 rings (SSSR count). The summed E-state index contributed by atoms with van der Waals surface area (Å²) in [5, 5.41) is 11.6. The Balaban J connectivity index is 1.66. The number of hydrogen-bond donors (Lipinski definition) is 3. The highest BCUT2D eigenvalue weighted by Crippen LogP contribution is 2.41. The van der Waals surface area contributed by atoms with Gasteiger partial charge in [-0.15, -0.1) is 11.8 Å². The molecule has 9 nitrogen and oxygen atoms in total. The lowest BCUT2D eigenvalue weighted by Gasteiger charge is -2.48. The SMILES string of the molecule is Nc1nc(CC(=O)N[C@@H]2C(=O)N3C(C(=O)O)=C(Cl)CS[C@@H]23)ns1. The molecule has 4 N–H and O–H groups in total. The van der Waals surface area contributed by atoms with Gasteiger partial charge in [-0.3, -0.25) is 14.5 Å². The van der Waals surface area contributed by atoms with Gasteiger partial charge < -0.3 is 16.2 Å². The number of halogens is 1. The normalized spacial score (nSPS) is 23.3. The van der Waals surface area contributed by atoms with Gasteiger partial charge in [0.05, 0.1) is 11.5 Å². The van der Waals surface area contributed by atoms with E-state index in [9.17, 15) is 14.4 Å². The molecule has 1 aromatic heterocycles. The van der Waals surface area contributed by atoms with Crippen LogP contribution in [0.2, 0.25) is 0 Å². The maximum absolute atomic E-state index is 12.1. The largest absolute Gasteiger partial charge is 0.477 e. The van der Waals surface area contributed by atoms with Crippen LogP contribution in [0.5, 0.6) is 0 Å². The van der Waals surface area contributed by atoms with Gasteiger partial charge in [0.15, 0.2) is 11.0 Å². The number of aromatic nitrogens is 2. The summed E-state index contributed by atoms with van der Waals surface area (Å²) in [6, 6.07) is -0.789. The number of carboxylic acids is 1. The minimum Gasteiger partial charge on any atom is -0.477 e. The molecule has 0 saturated carbocycles. The maximum Gasteiger partial charge on any atom is 0.353 e. The molecule has 23 heavy (non-hydrogen) atoms. The first-order valence-electron chi connectivity index (χ1n) is 6.32. The van der Waals surface area contributed by atoms with Gasteiger partial charge in [0.25, 0.3) is 5.91 Å². The number of nitrogens with one attached hydrogen (secondary N) is 1. The standard InChI is InChI=1S/C11H10ClN5O4S2/c12-3-2-22-9-6(8(19)17(9)7(3)10(20)21)15-5(18)1-4-14-11(13)23-16-4/h6,9H,1-2H2,(H,15,18)(H,20,21)(H2,13,14,16)/t6-,9+/m1/s1. The highest BCUT2D eigenvalue weighted by atomic mass is 35.5. The van der Waals surface area contributed by atoms with Gasteiger partial charge in [0, 0.05) is 17.3 Å². The van der Waals surface area contributed by atoms with Crippen LogP contribution in [-0.2, 0) is 20.8 Å². The summed E-state index contributed by atoms with van der Waals surface area (Å²) in [6.45, 7) is 0. The Hall–Kier alpha value is -1.85. The van der Waals surface area contributed by atoms with Crippen molar-refractivity contribution in [1.29, 1.82) is 0 Å². The van der Waals surface area contributed by atoms with E-state index in [-0.39, 0.29) is 33.9 Å². The predicted molar refractivity (Wildman–Crippen MR) is 83.6 cm³/mol. The second-order valence-corrected chi connectivity index (χ2v) is 7.08. The Morgan fingerprint density at radius 2 is 2.26 bits per heavy atom. The van der Waals surface area contributed by atoms with E-state index in [1.807, 2.05) is 0 Å². The van der Waals surface area contributed by atoms with Gasteiger partial charge in [0.1, 0.15) is 17.1 Å². The van der Waals surface area contributed by atoms with Crippen LogP contribution in [0.15, 0.2) is 10.7 Å². The molecule has 0 aromatic carbocycles. The summed E-state index contributed by atoms with van der Waals surface area (Å²) >= 11 is 8.14. The quantitative estimate of drug-likeness (QED) is 0.604. The Kier molecular flexibility index (Phi) is 4.17. The van der Waals surface area contributed by atoms with Crippen molar-refractivity contribution >= 4 is 57.8 Å². The molecule has 0 radical (unpaired) electrons. The first kappa shape index (κ1) is 16.0. The van der Waals surface area contributed by atoms with Crippen LogP contribution in [0.3, 0.4) is 0 Å². The molecule has 2 aliphatic rings. The predicted octanol–water partition coefficient (Wildman–Crippen LogP) is -0.402. The number of nitrogens with two attached hydrogens (primary N) is 1. The maximum atomic E-state index is 12.1. The molecule has 0 aliphatic carbocycles. The summed E-state index contributed by atoms with van der Waals surface area (Å²) in [4.78, 5) is 40.3. The molecule has 2 aliphatic heterocycles. The van der Waals surface area contributed by atoms with Gasteiger partial charge >= 0.3 is 5.97 Å². The highest BCUT2D eigenvalue weighted by Gasteiger charge is 2.54. The van der Waals surface area contributed by atoms with Crippen LogP contribution < -0.4 is 11.1 Å². The van der Waals surface area contributed by atoms with Crippen LogP contribution in [0.25, 0.3) is 0 Å². The third-order valence-electron chi connectivity index (χ3n) is 3.24. The fraction of sp³-hybridized carbons (Fsp3) is 0.364. The molecule has 2 atom stereocenters. The van der Waals surface area contributed by atoms with Crippen molar-refractivity contribution in [2.24, 2.45) is 0 Å². The lowest BCUT2D eigenvalue weighted by Crippen LogP contribution is -2.70. The molecule has 1 fully saturated rings. The molecule has 122 valence electrons. The van der Waals surface area contributed by atoms with Gasteiger partial charge in [-0.2, -0.15) is 4.37 Å². The molecule has 1 aromatic rings. The number of aliphatic carboxylic acids is 1. The lowest BCUT2D eigenvalue weighted by molar-refractivity contribution is -0.150. The molecule has 0 unspecified atom stereocenters. The van der Waals surface area contributed by atoms with Crippen LogP contribution in [0.1, 0.15) is 5.82 Å². The van der Waals surface area contributed by atoms with Crippen LogP contribution in [0, 0.1) is 0 Å². The molecule has 2 amide bonds. The number of carbonyl (C=O) groups excluding carboxylic acids is 2. The van der Waals surface area contributed by atoms with E-state index in [4.69, 9.17) is 22.4 Å². The van der Waals surface area contributed by atoms with E-state index in [0.717, 1.165) is 16.4 Å². The summed E-state index contributed by atoms with van der Waals surface area (Å²) in [5.74, 6) is -1.65. The smallest absolute Gasteiger partial charge is 0.353 e. The first-order chi connectivity index (χ1) is 10.9. The van der Waals surface area contributed by atoms with Gasteiger partial charge in [-0.05, 0) is 0 Å². The number of anilines is 1. The fourth-order valence-electron chi connectivity index (χ4n) is 2.29. The number of thioether (sulfide) groups is 1. The number of amides is 2. The highest BCUT2D eigenvalue weighted by molar-refractivity contribution is 8.00. The minimum atomic E-state index is -1.26. The molecular weight excluding hydrogens is 366 g/mol. The van der Waals surface area contributed by atoms with E-state index in [1.54, 1.807) is 0 Å². The number of rotatable bonds is 4. The van der Waals surface area contributed by atoms with E-state index >= 15 is 0 Å². The second-order valence-electron chi connectivity index (χ2n) is 4.74. The van der Waals surface area contributed by atoms with Crippen molar-refractivity contribution in [3.63, 3.8) is 0 Å². The van der Waals surface area contributed by atoms with E-state index in [0.29, 0.717) is 0 Å². The van der Waals surface area contributed by atoms with Crippen LogP contribution >= 0.6 is 34.9 Å². The van der Waals surface area contributed by atoms with Gasteiger partial charge in [-0.25, -0.2) is 9.78 Å².